The zero-order chi connectivity index (χ0) is 70.5. The molecule has 0 bridgehead atoms. The van der Waals surface area contributed by atoms with Gasteiger partial charge in [0.05, 0.1) is 0 Å². The number of nitrogens with zero attached hydrogens (tertiary/aromatic N) is 6. The van der Waals surface area contributed by atoms with Crippen molar-refractivity contribution in [3.8, 4) is 0 Å². The van der Waals surface area contributed by atoms with Crippen LogP contribution in [0, 0.1) is 97.5 Å². The molecule has 2 radical (unpaired) electrons. The molecule has 0 saturated heterocycles. The van der Waals surface area contributed by atoms with E-state index < -0.39 is 22.2 Å². The fourth-order valence-electron chi connectivity index (χ4n) is 6.34. The molecular formula is C66H104N6O17Tb2-4. The van der Waals surface area contributed by atoms with Gasteiger partial charge in [0.25, 0.3) is 11.1 Å². The normalized spacial score (nSPS) is 14.7. The van der Waals surface area contributed by atoms with Crippen molar-refractivity contribution in [3.63, 3.8) is 0 Å². The fraction of sp³-hybridized carbons (Fsp3) is 0.545. The van der Waals surface area contributed by atoms with Crippen molar-refractivity contribution < 1.29 is 161 Å². The minimum Gasteiger partial charge on any atom is -0.876 e. The first-order valence-electron chi connectivity index (χ1n) is 28.8. The van der Waals surface area contributed by atoms with Crippen LogP contribution in [0.4, 0.5) is 0 Å². The van der Waals surface area contributed by atoms with Crippen molar-refractivity contribution in [1.82, 2.24) is 9.97 Å². The number of unbranched alkanes of at least 4 members (excludes halogenated alkanes) is 6. The second-order valence-electron chi connectivity index (χ2n) is 22.1. The third-order valence-electron chi connectivity index (χ3n) is 11.9. The van der Waals surface area contributed by atoms with Crippen LogP contribution in [-0.2, 0) is 28.8 Å². The Morgan fingerprint density at radius 1 is 0.374 bits per heavy atom. The number of carbonyl (C=O) groups excluding carboxylic acids is 6. The number of hydrogen-bond donors (Lipinski definition) is 0. The smallest absolute Gasteiger partial charge is 0.523 e. The Morgan fingerprint density at radius 3 is 0.637 bits per heavy atom. The van der Waals surface area contributed by atoms with Crippen LogP contribution in [0.5, 0.6) is 0 Å². The molecule has 2 aromatic heterocycles. The molecule has 0 aromatic carbocycles. The molecule has 23 nitrogen and oxygen atoms in total. The van der Waals surface area contributed by atoms with Crippen LogP contribution in [-0.4, -0.2) is 103 Å². The minimum absolute atomic E-state index is 0. The molecule has 0 spiro atoms. The van der Waals surface area contributed by atoms with E-state index >= 15 is 0 Å². The molecule has 2 aromatic rings. The van der Waals surface area contributed by atoms with Crippen LogP contribution in [0.15, 0.2) is 120 Å². The summed E-state index contributed by atoms with van der Waals surface area (Å²) in [6, 6.07) is 10.4. The van der Waals surface area contributed by atoms with Gasteiger partial charge in [-0.05, 0) is 102 Å². The first kappa shape index (κ1) is 104. The van der Waals surface area contributed by atoms with E-state index in [9.17, 15) is 79.6 Å². The summed E-state index contributed by atoms with van der Waals surface area (Å²) in [5.74, 6) is -2.08. The van der Waals surface area contributed by atoms with Gasteiger partial charge in [0.15, 0.2) is 34.7 Å². The predicted molar refractivity (Wildman–Crippen MR) is 337 cm³/mol. The molecule has 0 aliphatic carbocycles. The number of aromatic nitrogens is 2. The maximum absolute atomic E-state index is 12.3. The van der Waals surface area contributed by atoms with E-state index in [4.69, 9.17) is 0 Å². The van der Waals surface area contributed by atoms with Gasteiger partial charge in [-0.3, -0.25) is 28.8 Å². The Morgan fingerprint density at radius 2 is 0.549 bits per heavy atom. The van der Waals surface area contributed by atoms with E-state index in [-0.39, 0.29) is 164 Å². The molecule has 0 amide bonds. The Balaban J connectivity index is -0.000000121. The number of carbonyl (C=O) groups is 6. The Hall–Kier alpha value is -5.77. The number of ketones is 6. The van der Waals surface area contributed by atoms with Crippen LogP contribution in [0.3, 0.4) is 0 Å². The summed E-state index contributed by atoms with van der Waals surface area (Å²) >= 11 is 0. The number of rotatable bonds is 14. The van der Waals surface area contributed by atoms with Gasteiger partial charge in [-0.15, -0.1) is 44.0 Å². The van der Waals surface area contributed by atoms with E-state index in [0.717, 1.165) is 55.5 Å². The molecular weight excluding hydrogens is 1470 g/mol. The number of hydrogen-bond acceptors (Lipinski definition) is 18. The SMILES string of the molecule is CC(=O)/C=C(/C)[O-].CC(=O)/C=C(/C)[O-].CC(=O)/C=C(/C)[O-].CC(=O)/C=C(/C)[O-].CC(=O)/C=C(/C)[O-].CC(=O)/C=C(/C)[O-].CC1(C)[N+](=O)C(c2ccccn2)=[N+]([O-])C1(C)C.CC1(C)[N+](=O)C(c2ccccn2)=[N+]([O-])C1(C)C.CCCCCC.CCCCCC.O.[Tb].[Tb]. The van der Waals surface area contributed by atoms with E-state index in [1.165, 1.54) is 134 Å². The second kappa shape index (κ2) is 55.8. The molecule has 0 atom stereocenters. The number of allylic oxidation sites excluding steroid dienone is 12. The molecule has 2 aliphatic heterocycles. The first-order valence-corrected chi connectivity index (χ1v) is 28.8. The van der Waals surface area contributed by atoms with Crippen LogP contribution in [0.1, 0.15) is 229 Å². The molecule has 2 N–H and O–H groups in total. The summed E-state index contributed by atoms with van der Waals surface area (Å²) < 4.78 is 3.06. The molecule has 25 heteroatoms. The topological polar surface area (TPSA) is 390 Å². The summed E-state index contributed by atoms with van der Waals surface area (Å²) in [6.07, 6.45) is 20.5. The molecule has 91 heavy (non-hydrogen) atoms. The predicted octanol–water partition coefficient (Wildman–Crippen LogP) is 6.76. The monoisotopic (exact) mass is 1570 g/mol. The third-order valence-corrected chi connectivity index (χ3v) is 11.9. The largest absolute Gasteiger partial charge is 0.876 e. The van der Waals surface area contributed by atoms with Gasteiger partial charge in [-0.25, -0.2) is 9.97 Å². The van der Waals surface area contributed by atoms with Crippen LogP contribution in [0.2, 0.25) is 0 Å². The molecule has 2 aliphatic rings. The first-order chi connectivity index (χ1) is 40.2. The molecule has 4 heterocycles. The van der Waals surface area contributed by atoms with Gasteiger partial charge in [0, 0.05) is 155 Å². The van der Waals surface area contributed by atoms with Gasteiger partial charge < -0.3 is 46.5 Å². The molecule has 0 unspecified atom stereocenters. The van der Waals surface area contributed by atoms with Gasteiger partial charge in [0.1, 0.15) is 9.52 Å². The van der Waals surface area contributed by atoms with Crippen molar-refractivity contribution in [2.45, 2.75) is 240 Å². The standard InChI is InChI=1S/2C12H16N3O2.2C6H14.6C5H8O2.H2O.2Tb/c2*1-11(2)12(3,4)15(17)10(14(11)16)9-7-5-6-8-13-9;2*1-3-5-6-4-2;6*1-4(6)3-5(2)7;;;/h2*5-8H,1-4H3;2*3-6H2,1-2H3;6*3,6H,1-2H3;1H2;;/q2*+1;;;;;;;;;;;/p-6/b;;;;6*4-3-;;;. The van der Waals surface area contributed by atoms with Gasteiger partial charge in [0.2, 0.25) is 22.5 Å². The average molecular weight is 1570 g/mol. The van der Waals surface area contributed by atoms with Crippen molar-refractivity contribution in [2.24, 2.45) is 0 Å². The molecule has 522 valence electrons. The molecule has 4 rings (SSSR count). The molecule has 0 saturated carbocycles. The van der Waals surface area contributed by atoms with Crippen LogP contribution in [0.25, 0.3) is 0 Å². The van der Waals surface area contributed by atoms with Crippen molar-refractivity contribution in [1.29, 1.82) is 0 Å². The van der Waals surface area contributed by atoms with E-state index in [2.05, 4.69) is 37.7 Å². The number of pyridine rings is 2. The maximum atomic E-state index is 12.3. The van der Waals surface area contributed by atoms with Gasteiger partial charge in [-0.1, -0.05) is 133 Å². The Kier molecular flexibility index (Phi) is 63.8. The second-order valence-corrected chi connectivity index (χ2v) is 22.1. The summed E-state index contributed by atoms with van der Waals surface area (Å²) in [7, 11) is 0. The fourth-order valence-corrected chi connectivity index (χ4v) is 6.34. The summed E-state index contributed by atoms with van der Waals surface area (Å²) in [5, 5.41) is 84.4. The Bertz CT molecular complexity index is 2430. The van der Waals surface area contributed by atoms with E-state index in [1.807, 2.05) is 0 Å². The average Bonchev–Trinajstić information content (AvgIpc) is 1.60. The maximum Gasteiger partial charge on any atom is 0.523 e. The number of hydroxylamine groups is 2. The minimum atomic E-state index is -0.790. The van der Waals surface area contributed by atoms with Crippen molar-refractivity contribution >= 4 is 46.4 Å². The van der Waals surface area contributed by atoms with Crippen LogP contribution < -0.4 is 30.6 Å². The quantitative estimate of drug-likeness (QED) is 0.0619. The van der Waals surface area contributed by atoms with Crippen molar-refractivity contribution in [2.75, 3.05) is 0 Å². The van der Waals surface area contributed by atoms with Crippen molar-refractivity contribution in [3.05, 3.63) is 151 Å². The zero-order valence-corrected chi connectivity index (χ0v) is 62.4. The number of amidine groups is 2. The summed E-state index contributed by atoms with van der Waals surface area (Å²) in [4.78, 5) is 92.5. The number of nitroso groups, excluding NO2 is 2. The summed E-state index contributed by atoms with van der Waals surface area (Å²) in [5.41, 5.74) is -2.33. The summed E-state index contributed by atoms with van der Waals surface area (Å²) in [6.45, 7) is 39.2. The zero-order valence-electron chi connectivity index (χ0n) is 58.1. The van der Waals surface area contributed by atoms with Gasteiger partial charge in [-0.2, -0.15) is 0 Å². The van der Waals surface area contributed by atoms with E-state index in [0.29, 0.717) is 11.4 Å². The van der Waals surface area contributed by atoms with Crippen LogP contribution >= 0.6 is 0 Å². The molecule has 0 fully saturated rings. The van der Waals surface area contributed by atoms with Gasteiger partial charge >= 0.3 is 11.7 Å². The van der Waals surface area contributed by atoms with E-state index in [1.54, 1.807) is 104 Å². The third kappa shape index (κ3) is 50.5. The Labute approximate surface area is 603 Å².